The molecule has 0 heterocycles. The number of non-ortho nitro benzene ring substituents is 2. The van der Waals surface area contributed by atoms with Crippen molar-refractivity contribution in [3.63, 3.8) is 0 Å². The van der Waals surface area contributed by atoms with E-state index in [1.807, 2.05) is 0 Å². The third-order valence-electron chi connectivity index (χ3n) is 3.11. The van der Waals surface area contributed by atoms with E-state index in [2.05, 4.69) is 0 Å². The standard InChI is InChI=1S/C16H12N2O6S/c19-17(20)15-5-1-13(2-6-15)9-11-25(23,24)12-10-14-3-7-16(8-4-14)18(21)22/h1-12H. The maximum atomic E-state index is 11.9. The molecule has 0 saturated heterocycles. The predicted molar refractivity (Wildman–Crippen MR) is 93.2 cm³/mol. The first-order chi connectivity index (χ1) is 11.8. The number of nitro benzene ring substituents is 2. The maximum Gasteiger partial charge on any atom is 0.269 e. The Hall–Kier alpha value is -3.33. The molecular weight excluding hydrogens is 348 g/mol. The molecule has 8 nitrogen and oxygen atoms in total. The molecule has 0 radical (unpaired) electrons. The predicted octanol–water partition coefficient (Wildman–Crippen LogP) is 3.56. The molecule has 0 aliphatic rings. The van der Waals surface area contributed by atoms with E-state index in [0.717, 1.165) is 10.8 Å². The summed E-state index contributed by atoms with van der Waals surface area (Å²) in [4.78, 5) is 20.0. The number of hydrogen-bond donors (Lipinski definition) is 0. The van der Waals surface area contributed by atoms with Crippen molar-refractivity contribution in [3.05, 3.63) is 90.7 Å². The van der Waals surface area contributed by atoms with Crippen LogP contribution in [0.4, 0.5) is 11.4 Å². The Labute approximate surface area is 143 Å². The normalized spacial score (nSPS) is 11.8. The zero-order valence-electron chi connectivity index (χ0n) is 12.7. The molecule has 0 unspecified atom stereocenters. The Kier molecular flexibility index (Phi) is 5.40. The van der Waals surface area contributed by atoms with Gasteiger partial charge in [-0.3, -0.25) is 20.2 Å². The molecule has 0 spiro atoms. The van der Waals surface area contributed by atoms with Crippen LogP contribution < -0.4 is 0 Å². The third kappa shape index (κ3) is 5.36. The summed E-state index contributed by atoms with van der Waals surface area (Å²) in [5.41, 5.74) is 0.826. The average Bonchev–Trinajstić information content (AvgIpc) is 2.59. The van der Waals surface area contributed by atoms with Gasteiger partial charge in [0.05, 0.1) is 9.85 Å². The van der Waals surface area contributed by atoms with Gasteiger partial charge in [0.15, 0.2) is 9.84 Å². The summed E-state index contributed by atoms with van der Waals surface area (Å²) in [6, 6.07) is 10.8. The van der Waals surface area contributed by atoms with Crippen molar-refractivity contribution in [2.45, 2.75) is 0 Å². The van der Waals surface area contributed by atoms with Crippen LogP contribution in [0.5, 0.6) is 0 Å². The zero-order chi connectivity index (χ0) is 18.4. The van der Waals surface area contributed by atoms with Crippen molar-refractivity contribution in [1.29, 1.82) is 0 Å². The molecule has 0 aliphatic heterocycles. The highest BCUT2D eigenvalue weighted by Gasteiger charge is 2.05. The van der Waals surface area contributed by atoms with Gasteiger partial charge in [0.2, 0.25) is 0 Å². The van der Waals surface area contributed by atoms with Gasteiger partial charge in [-0.1, -0.05) is 0 Å². The minimum absolute atomic E-state index is 0.0851. The van der Waals surface area contributed by atoms with Gasteiger partial charge in [-0.05, 0) is 47.5 Å². The van der Waals surface area contributed by atoms with Crippen LogP contribution in [0.15, 0.2) is 59.3 Å². The third-order valence-corrected chi connectivity index (χ3v) is 4.14. The van der Waals surface area contributed by atoms with Crippen LogP contribution in [0.1, 0.15) is 11.1 Å². The molecule has 0 atom stereocenters. The van der Waals surface area contributed by atoms with E-state index < -0.39 is 19.7 Å². The number of hydrogen-bond acceptors (Lipinski definition) is 6. The monoisotopic (exact) mass is 360 g/mol. The number of benzene rings is 2. The molecule has 2 aromatic rings. The zero-order valence-corrected chi connectivity index (χ0v) is 13.5. The highest BCUT2D eigenvalue weighted by atomic mass is 32.2. The lowest BCUT2D eigenvalue weighted by molar-refractivity contribution is -0.385. The number of nitro groups is 2. The smallest absolute Gasteiger partial charge is 0.258 e. The quantitative estimate of drug-likeness (QED) is 0.573. The first-order valence-corrected chi connectivity index (χ1v) is 8.48. The van der Waals surface area contributed by atoms with Crippen molar-refractivity contribution in [1.82, 2.24) is 0 Å². The van der Waals surface area contributed by atoms with Crippen LogP contribution >= 0.6 is 0 Å². The highest BCUT2D eigenvalue weighted by molar-refractivity contribution is 7.97. The van der Waals surface area contributed by atoms with Crippen molar-refractivity contribution < 1.29 is 18.3 Å². The molecule has 9 heteroatoms. The molecule has 0 amide bonds. The highest BCUT2D eigenvalue weighted by Crippen LogP contribution is 2.15. The molecule has 2 aromatic carbocycles. The Morgan fingerprint density at radius 1 is 0.680 bits per heavy atom. The first-order valence-electron chi connectivity index (χ1n) is 6.87. The van der Waals surface area contributed by atoms with Crippen molar-refractivity contribution in [2.24, 2.45) is 0 Å². The molecule has 0 saturated carbocycles. The molecular formula is C16H12N2O6S. The topological polar surface area (TPSA) is 120 Å². The van der Waals surface area contributed by atoms with Gasteiger partial charge in [0, 0.05) is 35.1 Å². The van der Waals surface area contributed by atoms with Gasteiger partial charge >= 0.3 is 0 Å². The summed E-state index contributed by atoms with van der Waals surface area (Å²) >= 11 is 0. The van der Waals surface area contributed by atoms with E-state index in [0.29, 0.717) is 11.1 Å². The molecule has 0 fully saturated rings. The van der Waals surface area contributed by atoms with E-state index in [9.17, 15) is 28.6 Å². The summed E-state index contributed by atoms with van der Waals surface area (Å²) < 4.78 is 23.9. The van der Waals surface area contributed by atoms with Gasteiger partial charge in [-0.15, -0.1) is 0 Å². The summed E-state index contributed by atoms with van der Waals surface area (Å²) in [6.07, 6.45) is 2.64. The van der Waals surface area contributed by atoms with Crippen LogP contribution in [0, 0.1) is 20.2 Å². The lowest BCUT2D eigenvalue weighted by Crippen LogP contribution is -1.89. The SMILES string of the molecule is O=[N+]([O-])c1ccc(C=CS(=O)(=O)C=Cc2ccc([N+](=O)[O-])cc2)cc1. The van der Waals surface area contributed by atoms with Crippen LogP contribution in [0.25, 0.3) is 12.2 Å². The van der Waals surface area contributed by atoms with E-state index >= 15 is 0 Å². The maximum absolute atomic E-state index is 11.9. The first kappa shape index (κ1) is 18.0. The largest absolute Gasteiger partial charge is 0.269 e. The fourth-order valence-corrected chi connectivity index (χ4v) is 2.59. The summed E-state index contributed by atoms with van der Waals surface area (Å²) in [7, 11) is -3.66. The van der Waals surface area contributed by atoms with Crippen LogP contribution in [-0.4, -0.2) is 18.3 Å². The van der Waals surface area contributed by atoms with Crippen LogP contribution in [0.3, 0.4) is 0 Å². The summed E-state index contributed by atoms with van der Waals surface area (Å²) in [5.74, 6) is 0. The Morgan fingerprint density at radius 2 is 1.00 bits per heavy atom. The number of sulfone groups is 1. The average molecular weight is 360 g/mol. The van der Waals surface area contributed by atoms with Crippen molar-refractivity contribution in [2.75, 3.05) is 0 Å². The lowest BCUT2D eigenvalue weighted by Gasteiger charge is -1.95. The minimum atomic E-state index is -3.66. The second kappa shape index (κ2) is 7.49. The molecule has 25 heavy (non-hydrogen) atoms. The van der Waals surface area contributed by atoms with Crippen LogP contribution in [-0.2, 0) is 9.84 Å². The van der Waals surface area contributed by atoms with Gasteiger partial charge in [-0.2, -0.15) is 0 Å². The molecule has 128 valence electrons. The molecule has 0 aliphatic carbocycles. The van der Waals surface area contributed by atoms with Crippen molar-refractivity contribution in [3.8, 4) is 0 Å². The minimum Gasteiger partial charge on any atom is -0.258 e. The van der Waals surface area contributed by atoms with E-state index in [-0.39, 0.29) is 11.4 Å². The molecule has 0 bridgehead atoms. The molecule has 2 rings (SSSR count). The Bertz CT molecular complexity index is 872. The van der Waals surface area contributed by atoms with E-state index in [4.69, 9.17) is 0 Å². The van der Waals surface area contributed by atoms with Gasteiger partial charge in [0.1, 0.15) is 0 Å². The molecule has 0 N–H and O–H groups in total. The fraction of sp³-hybridized carbons (Fsp3) is 0. The summed E-state index contributed by atoms with van der Waals surface area (Å²) in [5, 5.41) is 23.0. The Morgan fingerprint density at radius 3 is 1.28 bits per heavy atom. The van der Waals surface area contributed by atoms with Gasteiger partial charge in [-0.25, -0.2) is 8.42 Å². The summed E-state index contributed by atoms with van der Waals surface area (Å²) in [6.45, 7) is 0. The number of rotatable bonds is 6. The second-order valence-electron chi connectivity index (χ2n) is 4.89. The van der Waals surface area contributed by atoms with Gasteiger partial charge < -0.3 is 0 Å². The van der Waals surface area contributed by atoms with Gasteiger partial charge in [0.25, 0.3) is 11.4 Å². The van der Waals surface area contributed by atoms with E-state index in [1.165, 1.54) is 60.7 Å². The second-order valence-corrected chi connectivity index (χ2v) is 6.61. The lowest BCUT2D eigenvalue weighted by atomic mass is 10.2. The van der Waals surface area contributed by atoms with E-state index in [1.54, 1.807) is 0 Å². The number of nitrogens with zero attached hydrogens (tertiary/aromatic N) is 2. The van der Waals surface area contributed by atoms with Crippen LogP contribution in [0.2, 0.25) is 0 Å². The Balaban J connectivity index is 2.10. The van der Waals surface area contributed by atoms with Crippen molar-refractivity contribution >= 4 is 33.4 Å². The molecule has 0 aromatic heterocycles. The fourth-order valence-electron chi connectivity index (χ4n) is 1.81.